The van der Waals surface area contributed by atoms with Crippen LogP contribution in [0.25, 0.3) is 0 Å². The zero-order valence-electron chi connectivity index (χ0n) is 20.0. The lowest BCUT2D eigenvalue weighted by Gasteiger charge is -2.11. The molecule has 0 aliphatic rings. The van der Waals surface area contributed by atoms with Crippen molar-refractivity contribution in [3.05, 3.63) is 78.6 Å². The van der Waals surface area contributed by atoms with Crippen LogP contribution < -0.4 is 9.47 Å². The van der Waals surface area contributed by atoms with Gasteiger partial charge in [-0.05, 0) is 88.0 Å². The topological polar surface area (TPSA) is 124 Å². The van der Waals surface area contributed by atoms with E-state index in [1.807, 2.05) is 0 Å². The maximum absolute atomic E-state index is 12.4. The summed E-state index contributed by atoms with van der Waals surface area (Å²) in [6.07, 6.45) is 1.15. The molecule has 0 radical (unpaired) electrons. The van der Waals surface area contributed by atoms with Crippen molar-refractivity contribution >= 4 is 88.0 Å². The maximum Gasteiger partial charge on any atom is 0.514 e. The molecule has 0 amide bonds. The molecule has 0 saturated heterocycles. The van der Waals surface area contributed by atoms with Gasteiger partial charge in [-0.2, -0.15) is 0 Å². The van der Waals surface area contributed by atoms with Crippen molar-refractivity contribution in [3.63, 3.8) is 0 Å². The summed E-state index contributed by atoms with van der Waals surface area (Å²) >= 11 is 13.0. The Morgan fingerprint density at radius 2 is 0.949 bits per heavy atom. The number of esters is 2. The smallest absolute Gasteiger partial charge is 0.462 e. The van der Waals surface area contributed by atoms with E-state index in [4.69, 9.17) is 28.4 Å². The minimum Gasteiger partial charge on any atom is -0.462 e. The Morgan fingerprint density at radius 3 is 1.26 bits per heavy atom. The average molecular weight is 800 g/mol. The normalized spacial score (nSPS) is 10.2. The monoisotopic (exact) mass is 796 g/mol. The SMILES string of the molecule is C=CCOC(=O)Oc1c(Br)cc(C(=O)OCCCOC(=O)c2cc(Br)c(OC(=O)OCC=C)c(Br)c2)cc1Br. The van der Waals surface area contributed by atoms with Crippen molar-refractivity contribution in [1.29, 1.82) is 0 Å². The zero-order valence-corrected chi connectivity index (χ0v) is 26.4. The van der Waals surface area contributed by atoms with E-state index in [2.05, 4.69) is 76.9 Å². The van der Waals surface area contributed by atoms with Gasteiger partial charge in [-0.3, -0.25) is 0 Å². The lowest BCUT2D eigenvalue weighted by Crippen LogP contribution is -2.13. The molecule has 0 saturated carbocycles. The van der Waals surface area contributed by atoms with Gasteiger partial charge in [0.25, 0.3) is 0 Å². The molecule has 2 rings (SSSR count). The van der Waals surface area contributed by atoms with Crippen LogP contribution in [0.1, 0.15) is 27.1 Å². The first kappa shape index (κ1) is 32.5. The molecule has 0 atom stereocenters. The van der Waals surface area contributed by atoms with E-state index in [-0.39, 0.29) is 55.5 Å². The van der Waals surface area contributed by atoms with Crippen molar-refractivity contribution in [2.24, 2.45) is 0 Å². The van der Waals surface area contributed by atoms with E-state index in [1.54, 1.807) is 0 Å². The Hall–Kier alpha value is -2.68. The zero-order chi connectivity index (χ0) is 28.9. The largest absolute Gasteiger partial charge is 0.514 e. The summed E-state index contributed by atoms with van der Waals surface area (Å²) in [7, 11) is 0. The maximum atomic E-state index is 12.4. The standard InChI is InChI=1S/C25H20Br4O10/c1-3-6-36-24(32)38-20-16(26)10-14(11-17(20)27)22(30)34-8-5-9-35-23(31)15-12-18(28)21(19(29)13-15)39-25(33)37-7-4-2/h3-4,10-13H,1-2,5-9H2. The fourth-order valence-electron chi connectivity index (χ4n) is 2.59. The van der Waals surface area contributed by atoms with Crippen LogP contribution in [-0.2, 0) is 18.9 Å². The molecule has 0 N–H and O–H groups in total. The number of ether oxygens (including phenoxy) is 6. The molecule has 10 nitrogen and oxygen atoms in total. The van der Waals surface area contributed by atoms with Crippen LogP contribution in [0.2, 0.25) is 0 Å². The fourth-order valence-corrected chi connectivity index (χ4v) is 5.28. The second-order valence-electron chi connectivity index (χ2n) is 7.07. The van der Waals surface area contributed by atoms with Crippen LogP contribution in [0.4, 0.5) is 9.59 Å². The first-order valence-electron chi connectivity index (χ1n) is 10.8. The third-order valence-electron chi connectivity index (χ3n) is 4.23. The first-order valence-corrected chi connectivity index (χ1v) is 14.0. The highest BCUT2D eigenvalue weighted by Gasteiger charge is 2.19. The molecule has 0 spiro atoms. The molecule has 208 valence electrons. The predicted octanol–water partition coefficient (Wildman–Crippen LogP) is 7.54. The third kappa shape index (κ3) is 10.4. The van der Waals surface area contributed by atoms with E-state index in [9.17, 15) is 19.2 Å². The van der Waals surface area contributed by atoms with Crippen LogP contribution in [0.3, 0.4) is 0 Å². The number of hydrogen-bond donors (Lipinski definition) is 0. The van der Waals surface area contributed by atoms with Crippen molar-refractivity contribution in [3.8, 4) is 11.5 Å². The van der Waals surface area contributed by atoms with E-state index in [0.29, 0.717) is 17.9 Å². The minimum atomic E-state index is -0.936. The van der Waals surface area contributed by atoms with Crippen LogP contribution in [-0.4, -0.2) is 50.7 Å². The van der Waals surface area contributed by atoms with Gasteiger partial charge in [0.05, 0.1) is 42.2 Å². The Morgan fingerprint density at radius 1 is 0.615 bits per heavy atom. The summed E-state index contributed by atoms with van der Waals surface area (Å²) in [5.74, 6) is -1.03. The van der Waals surface area contributed by atoms with Crippen LogP contribution in [0, 0.1) is 0 Å². The van der Waals surface area contributed by atoms with Gasteiger partial charge in [-0.25, -0.2) is 19.2 Å². The van der Waals surface area contributed by atoms with Crippen molar-refractivity contribution in [1.82, 2.24) is 0 Å². The van der Waals surface area contributed by atoms with Gasteiger partial charge in [0.1, 0.15) is 13.2 Å². The second kappa shape index (κ2) is 16.4. The van der Waals surface area contributed by atoms with E-state index >= 15 is 0 Å². The number of halogens is 4. The Labute approximate surface area is 257 Å². The van der Waals surface area contributed by atoms with Crippen LogP contribution in [0.5, 0.6) is 11.5 Å². The summed E-state index contributed by atoms with van der Waals surface area (Å²) in [5.41, 5.74) is 0.367. The van der Waals surface area contributed by atoms with E-state index < -0.39 is 24.2 Å². The van der Waals surface area contributed by atoms with Gasteiger partial charge in [-0.15, -0.1) is 0 Å². The Balaban J connectivity index is 1.85. The fraction of sp³-hybridized carbons (Fsp3) is 0.200. The van der Waals surface area contributed by atoms with Crippen molar-refractivity contribution < 1.29 is 47.6 Å². The Bertz CT molecular complexity index is 1120. The highest BCUT2D eigenvalue weighted by atomic mass is 79.9. The number of benzene rings is 2. The summed E-state index contributed by atoms with van der Waals surface area (Å²) in [6, 6.07) is 5.69. The highest BCUT2D eigenvalue weighted by Crippen LogP contribution is 2.36. The molecule has 2 aromatic carbocycles. The average Bonchev–Trinajstić information content (AvgIpc) is 2.89. The molecule has 0 bridgehead atoms. The molecule has 14 heteroatoms. The molecule has 0 unspecified atom stereocenters. The number of hydrogen-bond acceptors (Lipinski definition) is 10. The lowest BCUT2D eigenvalue weighted by molar-refractivity contribution is 0.0395. The predicted molar refractivity (Wildman–Crippen MR) is 153 cm³/mol. The summed E-state index contributed by atoms with van der Waals surface area (Å²) in [5, 5.41) is 0. The van der Waals surface area contributed by atoms with Gasteiger partial charge >= 0.3 is 24.2 Å². The molecule has 0 aliphatic heterocycles. The first-order chi connectivity index (χ1) is 18.6. The van der Waals surface area contributed by atoms with Crippen molar-refractivity contribution in [2.45, 2.75) is 6.42 Å². The van der Waals surface area contributed by atoms with Gasteiger partial charge in [0.15, 0.2) is 11.5 Å². The molecule has 0 heterocycles. The number of rotatable bonds is 12. The van der Waals surface area contributed by atoms with Gasteiger partial charge in [-0.1, -0.05) is 25.3 Å². The second-order valence-corrected chi connectivity index (χ2v) is 10.5. The van der Waals surface area contributed by atoms with Crippen molar-refractivity contribution in [2.75, 3.05) is 26.4 Å². The Kier molecular flexibility index (Phi) is 13.7. The van der Waals surface area contributed by atoms with Gasteiger partial charge in [0, 0.05) is 6.42 Å². The number of carbonyl (C=O) groups is 4. The molecule has 2 aromatic rings. The molecule has 39 heavy (non-hydrogen) atoms. The molecular weight excluding hydrogens is 780 g/mol. The number of carbonyl (C=O) groups excluding carboxylic acids is 4. The van der Waals surface area contributed by atoms with E-state index in [0.717, 1.165) is 0 Å². The summed E-state index contributed by atoms with van der Waals surface area (Å²) in [6.45, 7) is 6.79. The summed E-state index contributed by atoms with van der Waals surface area (Å²) in [4.78, 5) is 48.1. The van der Waals surface area contributed by atoms with Crippen LogP contribution >= 0.6 is 63.7 Å². The molecule has 0 aromatic heterocycles. The highest BCUT2D eigenvalue weighted by molar-refractivity contribution is 9.11. The third-order valence-corrected chi connectivity index (χ3v) is 6.59. The van der Waals surface area contributed by atoms with Gasteiger partial charge in [0.2, 0.25) is 0 Å². The molecular formula is C25H20Br4O10. The summed E-state index contributed by atoms with van der Waals surface area (Å²) < 4.78 is 31.4. The van der Waals surface area contributed by atoms with Gasteiger partial charge < -0.3 is 28.4 Å². The lowest BCUT2D eigenvalue weighted by atomic mass is 10.2. The minimum absolute atomic E-state index is 0.0150. The van der Waals surface area contributed by atoms with Crippen LogP contribution in [0.15, 0.2) is 67.5 Å². The molecule has 0 fully saturated rings. The molecule has 0 aliphatic carbocycles. The quantitative estimate of drug-likeness (QED) is 0.0700. The van der Waals surface area contributed by atoms with E-state index in [1.165, 1.54) is 36.4 Å².